The van der Waals surface area contributed by atoms with Crippen LogP contribution in [0.4, 0.5) is 0 Å². The van der Waals surface area contributed by atoms with Crippen LogP contribution in [0.5, 0.6) is 0 Å². The zero-order valence-electron chi connectivity index (χ0n) is 8.76. The third kappa shape index (κ3) is 3.83. The lowest BCUT2D eigenvalue weighted by atomic mass is 10.0. The fourth-order valence-electron chi connectivity index (χ4n) is 2.03. The van der Waals surface area contributed by atoms with Crippen LogP contribution in [-0.2, 0) is 0 Å². The molecule has 0 aromatic rings. The zero-order chi connectivity index (χ0) is 9.52. The standard InChI is InChI=1S/C12H21N/c1-3-8-12(4-2)11-13-9-6-5-7-10-13/h2,12H,3,5-11H2,1H3. The van der Waals surface area contributed by atoms with E-state index in [0.717, 1.165) is 6.54 Å². The van der Waals surface area contributed by atoms with Gasteiger partial charge in [-0.3, -0.25) is 0 Å². The summed E-state index contributed by atoms with van der Waals surface area (Å²) in [6.45, 7) is 5.87. The van der Waals surface area contributed by atoms with Crippen LogP contribution in [0.15, 0.2) is 0 Å². The summed E-state index contributed by atoms with van der Waals surface area (Å²) in [5.41, 5.74) is 0. The van der Waals surface area contributed by atoms with E-state index in [4.69, 9.17) is 6.42 Å². The second-order valence-electron chi connectivity index (χ2n) is 4.01. The summed E-state index contributed by atoms with van der Waals surface area (Å²) in [5, 5.41) is 0. The van der Waals surface area contributed by atoms with Gasteiger partial charge in [0, 0.05) is 12.5 Å². The van der Waals surface area contributed by atoms with Crippen molar-refractivity contribution in [2.24, 2.45) is 5.92 Å². The molecule has 1 atom stereocenters. The number of terminal acetylenes is 1. The second kappa shape index (κ2) is 6.05. The Balaban J connectivity index is 2.24. The molecule has 1 heterocycles. The topological polar surface area (TPSA) is 3.24 Å². The van der Waals surface area contributed by atoms with E-state index in [1.807, 2.05) is 0 Å². The first-order chi connectivity index (χ1) is 6.36. The summed E-state index contributed by atoms with van der Waals surface area (Å²) in [5.74, 6) is 3.40. The van der Waals surface area contributed by atoms with Crippen molar-refractivity contribution < 1.29 is 0 Å². The first-order valence-corrected chi connectivity index (χ1v) is 5.55. The van der Waals surface area contributed by atoms with Gasteiger partial charge in [0.05, 0.1) is 0 Å². The summed E-state index contributed by atoms with van der Waals surface area (Å²) in [4.78, 5) is 2.53. The highest BCUT2D eigenvalue weighted by Crippen LogP contribution is 2.13. The molecule has 1 saturated heterocycles. The number of hydrogen-bond donors (Lipinski definition) is 0. The first-order valence-electron chi connectivity index (χ1n) is 5.55. The quantitative estimate of drug-likeness (QED) is 0.599. The van der Waals surface area contributed by atoms with Crippen LogP contribution >= 0.6 is 0 Å². The Hall–Kier alpha value is -0.480. The fourth-order valence-corrected chi connectivity index (χ4v) is 2.03. The Labute approximate surface area is 82.5 Å². The molecule has 0 aliphatic carbocycles. The van der Waals surface area contributed by atoms with E-state index < -0.39 is 0 Å². The van der Waals surface area contributed by atoms with Crippen LogP contribution in [0.25, 0.3) is 0 Å². The average Bonchev–Trinajstić information content (AvgIpc) is 2.19. The molecule has 0 N–H and O–H groups in total. The molecule has 0 bridgehead atoms. The SMILES string of the molecule is C#CC(CCC)CN1CCCCC1. The van der Waals surface area contributed by atoms with Gasteiger partial charge in [-0.1, -0.05) is 19.8 Å². The van der Waals surface area contributed by atoms with Gasteiger partial charge in [-0.15, -0.1) is 12.3 Å². The van der Waals surface area contributed by atoms with Crippen molar-refractivity contribution in [3.8, 4) is 12.3 Å². The van der Waals surface area contributed by atoms with Gasteiger partial charge in [-0.2, -0.15) is 0 Å². The molecule has 1 unspecified atom stereocenters. The maximum absolute atomic E-state index is 5.50. The molecule has 1 aliphatic rings. The Morgan fingerprint density at radius 2 is 2.00 bits per heavy atom. The molecule has 1 heteroatoms. The maximum atomic E-state index is 5.50. The van der Waals surface area contributed by atoms with E-state index in [2.05, 4.69) is 17.7 Å². The lowest BCUT2D eigenvalue weighted by Crippen LogP contribution is -2.33. The second-order valence-corrected chi connectivity index (χ2v) is 4.01. The molecular formula is C12H21N. The van der Waals surface area contributed by atoms with E-state index in [9.17, 15) is 0 Å². The maximum Gasteiger partial charge on any atom is 0.0327 e. The number of likely N-dealkylation sites (tertiary alicyclic amines) is 1. The highest BCUT2D eigenvalue weighted by atomic mass is 15.1. The lowest BCUT2D eigenvalue weighted by molar-refractivity contribution is 0.207. The number of hydrogen-bond acceptors (Lipinski definition) is 1. The number of piperidine rings is 1. The first kappa shape index (κ1) is 10.6. The summed E-state index contributed by atoms with van der Waals surface area (Å²) >= 11 is 0. The Morgan fingerprint density at radius 1 is 1.31 bits per heavy atom. The van der Waals surface area contributed by atoms with Gasteiger partial charge in [-0.25, -0.2) is 0 Å². The average molecular weight is 179 g/mol. The highest BCUT2D eigenvalue weighted by molar-refractivity contribution is 4.94. The van der Waals surface area contributed by atoms with Crippen molar-refractivity contribution in [2.75, 3.05) is 19.6 Å². The molecule has 0 aromatic heterocycles. The van der Waals surface area contributed by atoms with Crippen molar-refractivity contribution in [3.05, 3.63) is 0 Å². The van der Waals surface area contributed by atoms with Crippen LogP contribution in [0.3, 0.4) is 0 Å². The minimum Gasteiger partial charge on any atom is -0.302 e. The predicted molar refractivity (Wildman–Crippen MR) is 57.5 cm³/mol. The number of nitrogens with zero attached hydrogens (tertiary/aromatic N) is 1. The van der Waals surface area contributed by atoms with E-state index >= 15 is 0 Å². The molecule has 0 aromatic carbocycles. The summed E-state index contributed by atoms with van der Waals surface area (Å²) in [6, 6.07) is 0. The minimum absolute atomic E-state index is 0.489. The summed E-state index contributed by atoms with van der Waals surface area (Å²) in [6.07, 6.45) is 12.0. The van der Waals surface area contributed by atoms with E-state index in [1.165, 1.54) is 45.2 Å². The molecule has 0 saturated carbocycles. The molecule has 1 fully saturated rings. The monoisotopic (exact) mass is 179 g/mol. The molecule has 0 radical (unpaired) electrons. The molecule has 0 spiro atoms. The van der Waals surface area contributed by atoms with Crippen molar-refractivity contribution in [3.63, 3.8) is 0 Å². The van der Waals surface area contributed by atoms with Gasteiger partial charge < -0.3 is 4.90 Å². The van der Waals surface area contributed by atoms with Gasteiger partial charge in [-0.05, 0) is 32.4 Å². The summed E-state index contributed by atoms with van der Waals surface area (Å²) < 4.78 is 0. The van der Waals surface area contributed by atoms with Crippen molar-refractivity contribution >= 4 is 0 Å². The molecule has 13 heavy (non-hydrogen) atoms. The van der Waals surface area contributed by atoms with Crippen molar-refractivity contribution in [1.82, 2.24) is 4.90 Å². The molecular weight excluding hydrogens is 158 g/mol. The van der Waals surface area contributed by atoms with E-state index in [0.29, 0.717) is 5.92 Å². The number of rotatable bonds is 4. The lowest BCUT2D eigenvalue weighted by Gasteiger charge is -2.28. The highest BCUT2D eigenvalue weighted by Gasteiger charge is 2.13. The van der Waals surface area contributed by atoms with E-state index in [-0.39, 0.29) is 0 Å². The zero-order valence-corrected chi connectivity index (χ0v) is 8.76. The van der Waals surface area contributed by atoms with Crippen LogP contribution < -0.4 is 0 Å². The predicted octanol–water partition coefficient (Wildman–Crippen LogP) is 2.52. The molecule has 1 aliphatic heterocycles. The molecule has 0 amide bonds. The molecule has 74 valence electrons. The van der Waals surface area contributed by atoms with Gasteiger partial charge in [0.2, 0.25) is 0 Å². The third-order valence-corrected chi connectivity index (χ3v) is 2.80. The van der Waals surface area contributed by atoms with Gasteiger partial charge in [0.25, 0.3) is 0 Å². The Bertz CT molecular complexity index is 162. The van der Waals surface area contributed by atoms with Gasteiger partial charge >= 0.3 is 0 Å². The van der Waals surface area contributed by atoms with Crippen molar-refractivity contribution in [1.29, 1.82) is 0 Å². The smallest absolute Gasteiger partial charge is 0.0327 e. The van der Waals surface area contributed by atoms with Gasteiger partial charge in [0.1, 0.15) is 0 Å². The van der Waals surface area contributed by atoms with Crippen LogP contribution in [0.1, 0.15) is 39.0 Å². The normalized spacial score (nSPS) is 20.9. The fraction of sp³-hybridized carbons (Fsp3) is 0.833. The van der Waals surface area contributed by atoms with Gasteiger partial charge in [0.15, 0.2) is 0 Å². The third-order valence-electron chi connectivity index (χ3n) is 2.80. The van der Waals surface area contributed by atoms with E-state index in [1.54, 1.807) is 0 Å². The Morgan fingerprint density at radius 3 is 2.54 bits per heavy atom. The van der Waals surface area contributed by atoms with Crippen LogP contribution in [-0.4, -0.2) is 24.5 Å². The Kier molecular flexibility index (Phi) is 4.93. The van der Waals surface area contributed by atoms with Crippen molar-refractivity contribution in [2.45, 2.75) is 39.0 Å². The van der Waals surface area contributed by atoms with Crippen LogP contribution in [0.2, 0.25) is 0 Å². The summed E-state index contributed by atoms with van der Waals surface area (Å²) in [7, 11) is 0. The minimum atomic E-state index is 0.489. The van der Waals surface area contributed by atoms with Crippen LogP contribution in [0, 0.1) is 18.3 Å². The largest absolute Gasteiger partial charge is 0.302 e. The molecule has 1 rings (SSSR count). The molecule has 1 nitrogen and oxygen atoms in total.